The van der Waals surface area contributed by atoms with Gasteiger partial charge >= 0.3 is 5.97 Å². The minimum Gasteiger partial charge on any atom is -0.480 e. The average molecular weight is 743 g/mol. The Kier molecular flexibility index (Phi) is 11.4. The summed E-state index contributed by atoms with van der Waals surface area (Å²) in [6.45, 7) is 0.104. The van der Waals surface area contributed by atoms with Gasteiger partial charge in [-0.2, -0.15) is 4.31 Å². The van der Waals surface area contributed by atoms with Gasteiger partial charge in [0.05, 0.1) is 20.5 Å². The fraction of sp³-hybridized carbons (Fsp3) is 0.375. The molecule has 47 heavy (non-hydrogen) atoms. The Morgan fingerprint density at radius 1 is 0.915 bits per heavy atom. The number of pyridine rings is 1. The summed E-state index contributed by atoms with van der Waals surface area (Å²) in [7, 11) is -4.20. The Hall–Kier alpha value is -2.93. The molecule has 2 fully saturated rings. The summed E-state index contributed by atoms with van der Waals surface area (Å²) in [6, 6.07) is 7.94. The van der Waals surface area contributed by atoms with Crippen LogP contribution in [-0.4, -0.2) is 59.2 Å². The molecule has 3 atom stereocenters. The number of anilines is 1. The third-order valence-corrected chi connectivity index (χ3v) is 11.6. The molecular weight excluding hydrogens is 710 g/mol. The second kappa shape index (κ2) is 15.1. The molecule has 1 saturated carbocycles. The molecule has 2 aliphatic rings. The first-order chi connectivity index (χ1) is 22.3. The lowest BCUT2D eigenvalue weighted by atomic mass is 9.76. The highest BCUT2D eigenvalue weighted by Crippen LogP contribution is 2.41. The first kappa shape index (κ1) is 35.4. The fourth-order valence-electron chi connectivity index (χ4n) is 6.49. The van der Waals surface area contributed by atoms with Gasteiger partial charge in [-0.1, -0.05) is 90.6 Å². The van der Waals surface area contributed by atoms with E-state index in [0.29, 0.717) is 17.7 Å². The number of carbonyl (C=O) groups excluding carboxylic acids is 2. The number of sulfonamides is 1. The molecule has 1 unspecified atom stereocenters. The number of aromatic nitrogens is 1. The van der Waals surface area contributed by atoms with E-state index in [4.69, 9.17) is 46.4 Å². The molecule has 0 spiro atoms. The van der Waals surface area contributed by atoms with Crippen molar-refractivity contribution in [3.05, 3.63) is 86.1 Å². The van der Waals surface area contributed by atoms with E-state index in [0.717, 1.165) is 32.1 Å². The fourth-order valence-corrected chi connectivity index (χ4v) is 9.40. The molecule has 1 aliphatic heterocycles. The summed E-state index contributed by atoms with van der Waals surface area (Å²) in [5.74, 6) is -2.64. The standard InChI is InChI=1S/C32H32Cl4N4O6S/c33-20-13-21(34)15-23(14-20)47(45,46)40-11-10-24(19-4-2-1-3-5-19)29(40)31(42)39-27(32(43)44)12-18-6-8-22(9-7-18)38-30(41)28-25(35)16-37-17-26(28)36/h6-9,13-17,19,24,27,29H,1-5,10-12H2,(H,38,41)(H,39,42)(H,43,44)/t24-,27+,29?/m1/s1. The summed E-state index contributed by atoms with van der Waals surface area (Å²) in [4.78, 5) is 42.8. The Balaban J connectivity index is 1.34. The third kappa shape index (κ3) is 8.21. The van der Waals surface area contributed by atoms with Crippen LogP contribution in [0.2, 0.25) is 20.1 Å². The molecule has 250 valence electrons. The maximum atomic E-state index is 14.0. The van der Waals surface area contributed by atoms with Crippen LogP contribution in [0.25, 0.3) is 0 Å². The lowest BCUT2D eigenvalue weighted by Gasteiger charge is -2.34. The summed E-state index contributed by atoms with van der Waals surface area (Å²) in [5.41, 5.74) is 1.03. The number of carboxylic acids is 1. The van der Waals surface area contributed by atoms with Gasteiger partial charge in [-0.05, 0) is 54.2 Å². The highest BCUT2D eigenvalue weighted by Gasteiger charge is 2.49. The number of rotatable bonds is 10. The van der Waals surface area contributed by atoms with Crippen LogP contribution < -0.4 is 10.6 Å². The summed E-state index contributed by atoms with van der Waals surface area (Å²) in [5, 5.41) is 15.9. The highest BCUT2D eigenvalue weighted by atomic mass is 35.5. The van der Waals surface area contributed by atoms with Crippen molar-refractivity contribution in [2.24, 2.45) is 11.8 Å². The van der Waals surface area contributed by atoms with Crippen LogP contribution in [0.1, 0.15) is 54.4 Å². The Labute approximate surface area is 292 Å². The van der Waals surface area contributed by atoms with Crippen LogP contribution in [0.3, 0.4) is 0 Å². The predicted molar refractivity (Wildman–Crippen MR) is 181 cm³/mol. The second-order valence-corrected chi connectivity index (χ2v) is 15.3. The van der Waals surface area contributed by atoms with Gasteiger partial charge in [0.2, 0.25) is 15.9 Å². The van der Waals surface area contributed by atoms with Crippen molar-refractivity contribution in [1.82, 2.24) is 14.6 Å². The largest absolute Gasteiger partial charge is 0.480 e. The van der Waals surface area contributed by atoms with Crippen molar-refractivity contribution in [1.29, 1.82) is 0 Å². The van der Waals surface area contributed by atoms with Crippen molar-refractivity contribution >= 4 is 79.9 Å². The van der Waals surface area contributed by atoms with Crippen molar-refractivity contribution in [3.63, 3.8) is 0 Å². The van der Waals surface area contributed by atoms with Gasteiger partial charge in [-0.15, -0.1) is 0 Å². The van der Waals surface area contributed by atoms with Gasteiger partial charge in [0.15, 0.2) is 0 Å². The molecule has 2 amide bonds. The molecule has 2 heterocycles. The van der Waals surface area contributed by atoms with Gasteiger partial charge in [0, 0.05) is 41.1 Å². The number of benzene rings is 2. The normalized spacial score (nSPS) is 19.7. The van der Waals surface area contributed by atoms with Gasteiger partial charge in [0.1, 0.15) is 12.1 Å². The lowest BCUT2D eigenvalue weighted by molar-refractivity contribution is -0.142. The number of nitrogens with zero attached hydrogens (tertiary/aromatic N) is 2. The summed E-state index contributed by atoms with van der Waals surface area (Å²) in [6.07, 6.45) is 7.79. The SMILES string of the molecule is O=C(Nc1ccc(C[C@H](NC(=O)C2[C@@H](C3CCCCC3)CCN2S(=O)(=O)c2cc(Cl)cc(Cl)c2)C(=O)O)cc1)c1c(Cl)cncc1Cl. The molecule has 0 bridgehead atoms. The van der Waals surface area contributed by atoms with Crippen molar-refractivity contribution in [2.45, 2.75) is 61.9 Å². The van der Waals surface area contributed by atoms with E-state index in [2.05, 4.69) is 15.6 Å². The quantitative estimate of drug-likeness (QED) is 0.209. The van der Waals surface area contributed by atoms with Crippen LogP contribution in [0.4, 0.5) is 5.69 Å². The van der Waals surface area contributed by atoms with Crippen molar-refractivity contribution in [3.8, 4) is 0 Å². The number of carboxylic acid groups (broad SMARTS) is 1. The maximum Gasteiger partial charge on any atom is 0.326 e. The molecule has 1 aromatic heterocycles. The summed E-state index contributed by atoms with van der Waals surface area (Å²) < 4.78 is 29.0. The number of amides is 2. The van der Waals surface area contributed by atoms with Crippen LogP contribution in [0.15, 0.2) is 59.8 Å². The van der Waals surface area contributed by atoms with E-state index >= 15 is 0 Å². The minimum atomic E-state index is -4.20. The van der Waals surface area contributed by atoms with Gasteiger partial charge < -0.3 is 15.7 Å². The number of hydrogen-bond donors (Lipinski definition) is 3. The molecule has 5 rings (SSSR count). The molecule has 1 aliphatic carbocycles. The Morgan fingerprint density at radius 3 is 2.13 bits per heavy atom. The number of aliphatic carboxylic acids is 1. The topological polar surface area (TPSA) is 146 Å². The molecule has 0 radical (unpaired) electrons. The van der Waals surface area contributed by atoms with Gasteiger partial charge in [-0.3, -0.25) is 14.6 Å². The monoisotopic (exact) mass is 740 g/mol. The van der Waals surface area contributed by atoms with E-state index in [1.165, 1.54) is 34.9 Å². The molecule has 3 aromatic rings. The predicted octanol–water partition coefficient (Wildman–Crippen LogP) is 6.72. The smallest absolute Gasteiger partial charge is 0.326 e. The van der Waals surface area contributed by atoms with Crippen molar-refractivity contribution in [2.75, 3.05) is 11.9 Å². The first-order valence-corrected chi connectivity index (χ1v) is 18.0. The zero-order valence-corrected chi connectivity index (χ0v) is 28.8. The number of nitrogens with one attached hydrogen (secondary N) is 2. The van der Waals surface area contributed by atoms with Gasteiger partial charge in [-0.25, -0.2) is 13.2 Å². The molecule has 3 N–H and O–H groups in total. The van der Waals surface area contributed by atoms with E-state index in [9.17, 15) is 27.9 Å². The Morgan fingerprint density at radius 2 is 1.53 bits per heavy atom. The number of halogens is 4. The first-order valence-electron chi connectivity index (χ1n) is 15.1. The molecule has 1 saturated heterocycles. The highest BCUT2D eigenvalue weighted by molar-refractivity contribution is 7.89. The van der Waals surface area contributed by atoms with E-state index in [-0.39, 0.29) is 55.4 Å². The average Bonchev–Trinajstić information content (AvgIpc) is 3.48. The number of hydrogen-bond acceptors (Lipinski definition) is 6. The molecule has 10 nitrogen and oxygen atoms in total. The molecule has 2 aromatic carbocycles. The van der Waals surface area contributed by atoms with Crippen molar-refractivity contribution < 1.29 is 27.9 Å². The Bertz CT molecular complexity index is 1730. The lowest BCUT2D eigenvalue weighted by Crippen LogP contribution is -2.54. The molecule has 15 heteroatoms. The second-order valence-electron chi connectivity index (χ2n) is 11.7. The van der Waals surface area contributed by atoms with Gasteiger partial charge in [0.25, 0.3) is 5.91 Å². The number of carbonyl (C=O) groups is 3. The minimum absolute atomic E-state index is 0.0639. The van der Waals surface area contributed by atoms with Crippen LogP contribution >= 0.6 is 46.4 Å². The zero-order valence-electron chi connectivity index (χ0n) is 25.0. The van der Waals surface area contributed by atoms with E-state index in [1.807, 2.05) is 0 Å². The zero-order chi connectivity index (χ0) is 33.9. The summed E-state index contributed by atoms with van der Waals surface area (Å²) >= 11 is 24.4. The maximum absolute atomic E-state index is 14.0. The van der Waals surface area contributed by atoms with E-state index in [1.54, 1.807) is 24.3 Å². The van der Waals surface area contributed by atoms with Crippen LogP contribution in [-0.2, 0) is 26.0 Å². The van der Waals surface area contributed by atoms with Crippen LogP contribution in [0, 0.1) is 11.8 Å². The van der Waals surface area contributed by atoms with Crippen LogP contribution in [0.5, 0.6) is 0 Å². The molecular formula is C32H32Cl4N4O6S. The third-order valence-electron chi connectivity index (χ3n) is 8.71. The van der Waals surface area contributed by atoms with E-state index < -0.39 is 39.9 Å².